The highest BCUT2D eigenvalue weighted by Crippen LogP contribution is 2.34. The van der Waals surface area contributed by atoms with Crippen molar-refractivity contribution in [3.8, 4) is 5.75 Å². The van der Waals surface area contributed by atoms with E-state index in [1.54, 1.807) is 13.0 Å². The van der Waals surface area contributed by atoms with Gasteiger partial charge < -0.3 is 14.2 Å². The van der Waals surface area contributed by atoms with Crippen molar-refractivity contribution in [3.05, 3.63) is 41.0 Å². The molecular formula is C23H31F3O3. The third-order valence-electron chi connectivity index (χ3n) is 5.79. The van der Waals surface area contributed by atoms with Crippen LogP contribution in [-0.4, -0.2) is 31.8 Å². The number of hydrogen-bond acceptors (Lipinski definition) is 3. The lowest BCUT2D eigenvalue weighted by Gasteiger charge is -2.36. The molecule has 3 nitrogen and oxygen atoms in total. The number of alkyl halides is 1. The molecule has 0 N–H and O–H groups in total. The summed E-state index contributed by atoms with van der Waals surface area (Å²) in [5, 5.41) is 0. The van der Waals surface area contributed by atoms with E-state index in [0.29, 0.717) is 30.9 Å². The fourth-order valence-electron chi connectivity index (χ4n) is 4.12. The number of allylic oxidation sites excluding steroid dienone is 1. The molecule has 6 heteroatoms. The molecule has 1 aliphatic heterocycles. The molecule has 0 spiro atoms. The third kappa shape index (κ3) is 5.54. The first-order chi connectivity index (χ1) is 14.0. The largest absolute Gasteiger partial charge is 0.491 e. The average Bonchev–Trinajstić information content (AvgIpc) is 2.72. The molecule has 1 fully saturated rings. The lowest BCUT2D eigenvalue weighted by molar-refractivity contribution is -0.219. The fourth-order valence-corrected chi connectivity index (χ4v) is 4.12. The Morgan fingerprint density at radius 2 is 1.90 bits per heavy atom. The molecule has 1 atom stereocenters. The Bertz CT molecular complexity index is 712. The van der Waals surface area contributed by atoms with Crippen LogP contribution in [-0.2, 0) is 15.9 Å². The summed E-state index contributed by atoms with van der Waals surface area (Å²) < 4.78 is 59.0. The molecule has 29 heavy (non-hydrogen) atoms. The van der Waals surface area contributed by atoms with Crippen LogP contribution in [0.4, 0.5) is 13.2 Å². The first kappa shape index (κ1) is 22.2. The van der Waals surface area contributed by atoms with Crippen molar-refractivity contribution < 1.29 is 27.4 Å². The molecule has 0 bridgehead atoms. The Labute approximate surface area is 171 Å². The Kier molecular flexibility index (Phi) is 7.63. The normalized spacial score (nSPS) is 27.6. The Morgan fingerprint density at radius 1 is 1.14 bits per heavy atom. The van der Waals surface area contributed by atoms with Crippen molar-refractivity contribution >= 4 is 0 Å². The minimum Gasteiger partial charge on any atom is -0.491 e. The standard InChI is InChI=1S/C23H31F3O3/c1-3-13-23(26)14-28-22(29-15-23)18-9-6-16(7-10-18)5-8-17-11-12-19(27-4-2)21(25)20(17)24/h9,11-12,16,22H,3-8,10,13-15H2,1-2H3. The van der Waals surface area contributed by atoms with Crippen molar-refractivity contribution in [2.75, 3.05) is 19.8 Å². The number of aryl methyl sites for hydroxylation is 1. The van der Waals surface area contributed by atoms with Crippen molar-refractivity contribution in [3.63, 3.8) is 0 Å². The molecule has 0 saturated carbocycles. The number of rotatable bonds is 8. The van der Waals surface area contributed by atoms with Gasteiger partial charge in [0.25, 0.3) is 0 Å². The second-order valence-corrected chi connectivity index (χ2v) is 8.10. The minimum atomic E-state index is -1.37. The lowest BCUT2D eigenvalue weighted by Crippen LogP contribution is -2.44. The zero-order valence-electron chi connectivity index (χ0n) is 17.3. The zero-order chi connectivity index (χ0) is 20.9. The van der Waals surface area contributed by atoms with Gasteiger partial charge in [0.1, 0.15) is 0 Å². The maximum Gasteiger partial charge on any atom is 0.200 e. The van der Waals surface area contributed by atoms with Gasteiger partial charge in [-0.2, -0.15) is 4.39 Å². The first-order valence-corrected chi connectivity index (χ1v) is 10.7. The Balaban J connectivity index is 1.49. The van der Waals surface area contributed by atoms with Gasteiger partial charge in [-0.1, -0.05) is 25.5 Å². The van der Waals surface area contributed by atoms with Crippen LogP contribution in [0.1, 0.15) is 57.9 Å². The summed E-state index contributed by atoms with van der Waals surface area (Å²) in [5.74, 6) is -1.36. The Morgan fingerprint density at radius 3 is 2.52 bits per heavy atom. The van der Waals surface area contributed by atoms with E-state index in [9.17, 15) is 13.2 Å². The smallest absolute Gasteiger partial charge is 0.200 e. The second kappa shape index (κ2) is 9.98. The summed E-state index contributed by atoms with van der Waals surface area (Å²) in [7, 11) is 0. The topological polar surface area (TPSA) is 27.7 Å². The number of benzene rings is 1. The van der Waals surface area contributed by atoms with E-state index in [4.69, 9.17) is 14.2 Å². The van der Waals surface area contributed by atoms with Crippen LogP contribution in [0.3, 0.4) is 0 Å². The fraction of sp³-hybridized carbons (Fsp3) is 0.652. The van der Waals surface area contributed by atoms with Crippen LogP contribution in [0.5, 0.6) is 5.75 Å². The van der Waals surface area contributed by atoms with Gasteiger partial charge in [0.2, 0.25) is 5.82 Å². The van der Waals surface area contributed by atoms with Crippen LogP contribution < -0.4 is 4.74 Å². The van der Waals surface area contributed by atoms with Crippen LogP contribution in [0.25, 0.3) is 0 Å². The molecule has 0 aromatic heterocycles. The molecule has 1 heterocycles. The quantitative estimate of drug-likeness (QED) is 0.497. The predicted molar refractivity (Wildman–Crippen MR) is 106 cm³/mol. The van der Waals surface area contributed by atoms with Gasteiger partial charge in [-0.05, 0) is 68.6 Å². The average molecular weight is 412 g/mol. The van der Waals surface area contributed by atoms with E-state index in [0.717, 1.165) is 37.7 Å². The van der Waals surface area contributed by atoms with Gasteiger partial charge in [0, 0.05) is 0 Å². The molecule has 1 aromatic carbocycles. The first-order valence-electron chi connectivity index (χ1n) is 10.7. The van der Waals surface area contributed by atoms with E-state index in [1.165, 1.54) is 6.07 Å². The van der Waals surface area contributed by atoms with E-state index in [2.05, 4.69) is 6.08 Å². The SMILES string of the molecule is CCCC1(F)COC(C2=CCC(CCc3ccc(OCC)c(F)c3F)CC2)OC1. The van der Waals surface area contributed by atoms with Crippen LogP contribution in [0.2, 0.25) is 0 Å². The van der Waals surface area contributed by atoms with Gasteiger partial charge in [0.15, 0.2) is 23.5 Å². The molecule has 3 rings (SSSR count). The second-order valence-electron chi connectivity index (χ2n) is 8.10. The highest BCUT2D eigenvalue weighted by Gasteiger charge is 2.37. The molecule has 1 aliphatic carbocycles. The Hall–Kier alpha value is -1.53. The van der Waals surface area contributed by atoms with Crippen molar-refractivity contribution in [1.82, 2.24) is 0 Å². The highest BCUT2D eigenvalue weighted by molar-refractivity contribution is 5.31. The minimum absolute atomic E-state index is 0.0392. The van der Waals surface area contributed by atoms with E-state index >= 15 is 0 Å². The summed E-state index contributed by atoms with van der Waals surface area (Å²) in [6.45, 7) is 4.14. The van der Waals surface area contributed by atoms with E-state index in [-0.39, 0.29) is 19.0 Å². The van der Waals surface area contributed by atoms with E-state index < -0.39 is 23.6 Å². The molecule has 162 valence electrons. The van der Waals surface area contributed by atoms with Crippen LogP contribution in [0.15, 0.2) is 23.8 Å². The molecule has 1 unspecified atom stereocenters. The molecule has 0 amide bonds. The maximum atomic E-state index is 14.4. The van der Waals surface area contributed by atoms with Crippen LogP contribution in [0, 0.1) is 17.6 Å². The van der Waals surface area contributed by atoms with Crippen molar-refractivity contribution in [1.29, 1.82) is 0 Å². The molecule has 0 radical (unpaired) electrons. The summed E-state index contributed by atoms with van der Waals surface area (Å²) in [6.07, 6.45) is 6.74. The van der Waals surface area contributed by atoms with Gasteiger partial charge in [-0.25, -0.2) is 8.78 Å². The van der Waals surface area contributed by atoms with Crippen molar-refractivity contribution in [2.45, 2.75) is 70.8 Å². The van der Waals surface area contributed by atoms with E-state index in [1.807, 2.05) is 6.92 Å². The van der Waals surface area contributed by atoms with Crippen LogP contribution >= 0.6 is 0 Å². The molecule has 2 aliphatic rings. The maximum absolute atomic E-state index is 14.4. The molecular weight excluding hydrogens is 381 g/mol. The van der Waals surface area contributed by atoms with Gasteiger partial charge >= 0.3 is 0 Å². The molecule has 1 aromatic rings. The predicted octanol–water partition coefficient (Wildman–Crippen LogP) is 5.90. The summed E-state index contributed by atoms with van der Waals surface area (Å²) in [6, 6.07) is 3.11. The lowest BCUT2D eigenvalue weighted by atomic mass is 9.85. The number of halogens is 3. The monoisotopic (exact) mass is 412 g/mol. The summed E-state index contributed by atoms with van der Waals surface area (Å²) >= 11 is 0. The highest BCUT2D eigenvalue weighted by atomic mass is 19.2. The molecule has 1 saturated heterocycles. The van der Waals surface area contributed by atoms with Gasteiger partial charge in [-0.3, -0.25) is 0 Å². The third-order valence-corrected chi connectivity index (χ3v) is 5.79. The van der Waals surface area contributed by atoms with Gasteiger partial charge in [0.05, 0.1) is 19.8 Å². The number of ether oxygens (including phenoxy) is 3. The number of hydrogen-bond donors (Lipinski definition) is 0. The summed E-state index contributed by atoms with van der Waals surface area (Å²) in [5.41, 5.74) is 0.0769. The zero-order valence-corrected chi connectivity index (χ0v) is 17.3. The van der Waals surface area contributed by atoms with Gasteiger partial charge in [-0.15, -0.1) is 0 Å². The van der Waals surface area contributed by atoms with Crippen molar-refractivity contribution in [2.24, 2.45) is 5.92 Å². The summed E-state index contributed by atoms with van der Waals surface area (Å²) in [4.78, 5) is 0.